The molecule has 1 aromatic carbocycles. The van der Waals surface area contributed by atoms with Crippen molar-refractivity contribution >= 4 is 0 Å². The van der Waals surface area contributed by atoms with Gasteiger partial charge in [0.05, 0.1) is 12.6 Å². The Bertz CT molecular complexity index is 376. The maximum Gasteiger partial charge on any atom is 0.0628 e. The molecule has 2 nitrogen and oxygen atoms in total. The molecule has 2 heteroatoms. The highest BCUT2D eigenvalue weighted by molar-refractivity contribution is 5.19. The molecular weight excluding hydrogens is 234 g/mol. The number of aliphatic hydroxyl groups excluding tert-OH is 1. The molecule has 1 heterocycles. The molecule has 0 saturated carbocycles. The Labute approximate surface area is 117 Å². The predicted molar refractivity (Wildman–Crippen MR) is 80.0 cm³/mol. The molecule has 0 spiro atoms. The summed E-state index contributed by atoms with van der Waals surface area (Å²) in [5.74, 6) is 1.37. The maximum absolute atomic E-state index is 9.88. The molecule has 1 saturated heterocycles. The van der Waals surface area contributed by atoms with Gasteiger partial charge in [-0.1, -0.05) is 51.1 Å². The number of hydrogen-bond donors (Lipinski definition) is 1. The molecule has 1 aliphatic rings. The van der Waals surface area contributed by atoms with E-state index >= 15 is 0 Å². The van der Waals surface area contributed by atoms with Crippen molar-refractivity contribution < 1.29 is 5.11 Å². The van der Waals surface area contributed by atoms with Crippen LogP contribution in [0, 0.1) is 11.8 Å². The molecule has 1 aromatic rings. The second-order valence-electron chi connectivity index (χ2n) is 6.30. The summed E-state index contributed by atoms with van der Waals surface area (Å²) in [6.45, 7) is 8.23. The SMILES string of the molecule is CC1CC[C@@H](C(C)C)N([C@@H](CO)c2ccccc2)C1. The number of benzene rings is 1. The number of aliphatic hydroxyl groups is 1. The van der Waals surface area contributed by atoms with Crippen molar-refractivity contribution in [2.45, 2.75) is 45.7 Å². The van der Waals surface area contributed by atoms with Crippen LogP contribution in [0.25, 0.3) is 0 Å². The Balaban J connectivity index is 2.23. The van der Waals surface area contributed by atoms with Crippen LogP contribution in [0.3, 0.4) is 0 Å². The number of rotatable bonds is 4. The quantitative estimate of drug-likeness (QED) is 0.897. The lowest BCUT2D eigenvalue weighted by Gasteiger charge is -2.45. The van der Waals surface area contributed by atoms with Crippen molar-refractivity contribution in [1.82, 2.24) is 4.90 Å². The van der Waals surface area contributed by atoms with Gasteiger partial charge in [0.15, 0.2) is 0 Å². The second kappa shape index (κ2) is 6.53. The molecule has 19 heavy (non-hydrogen) atoms. The van der Waals surface area contributed by atoms with Crippen LogP contribution in [-0.2, 0) is 0 Å². The van der Waals surface area contributed by atoms with E-state index in [4.69, 9.17) is 0 Å². The molecule has 0 aliphatic carbocycles. The summed E-state index contributed by atoms with van der Waals surface area (Å²) in [7, 11) is 0. The predicted octanol–water partition coefficient (Wildman–Crippen LogP) is 3.48. The summed E-state index contributed by atoms with van der Waals surface area (Å²) >= 11 is 0. The van der Waals surface area contributed by atoms with E-state index in [0.717, 1.165) is 12.5 Å². The number of likely N-dealkylation sites (tertiary alicyclic amines) is 1. The first-order chi connectivity index (χ1) is 9.13. The van der Waals surface area contributed by atoms with Crippen molar-refractivity contribution in [3.05, 3.63) is 35.9 Å². The highest BCUT2D eigenvalue weighted by Gasteiger charge is 2.33. The number of hydrogen-bond acceptors (Lipinski definition) is 2. The maximum atomic E-state index is 9.88. The Hall–Kier alpha value is -0.860. The monoisotopic (exact) mass is 261 g/mol. The Morgan fingerprint density at radius 2 is 1.89 bits per heavy atom. The summed E-state index contributed by atoms with van der Waals surface area (Å²) < 4.78 is 0. The van der Waals surface area contributed by atoms with Crippen LogP contribution < -0.4 is 0 Å². The van der Waals surface area contributed by atoms with Crippen molar-refractivity contribution in [3.8, 4) is 0 Å². The number of nitrogens with zero attached hydrogens (tertiary/aromatic N) is 1. The second-order valence-corrected chi connectivity index (χ2v) is 6.30. The first-order valence-corrected chi connectivity index (χ1v) is 7.55. The highest BCUT2D eigenvalue weighted by Crippen LogP contribution is 2.33. The van der Waals surface area contributed by atoms with Crippen LogP contribution in [0.4, 0.5) is 0 Å². The van der Waals surface area contributed by atoms with Crippen LogP contribution >= 0.6 is 0 Å². The fraction of sp³-hybridized carbons (Fsp3) is 0.647. The zero-order chi connectivity index (χ0) is 13.8. The molecule has 0 radical (unpaired) electrons. The van der Waals surface area contributed by atoms with Gasteiger partial charge in [0, 0.05) is 12.6 Å². The number of piperidine rings is 1. The van der Waals surface area contributed by atoms with Gasteiger partial charge in [0.1, 0.15) is 0 Å². The smallest absolute Gasteiger partial charge is 0.0628 e. The average molecular weight is 261 g/mol. The van der Waals surface area contributed by atoms with Gasteiger partial charge in [0.25, 0.3) is 0 Å². The van der Waals surface area contributed by atoms with Crippen LogP contribution in [0.5, 0.6) is 0 Å². The third-order valence-corrected chi connectivity index (χ3v) is 4.43. The summed E-state index contributed by atoms with van der Waals surface area (Å²) in [6, 6.07) is 11.2. The van der Waals surface area contributed by atoms with E-state index in [9.17, 15) is 5.11 Å². The van der Waals surface area contributed by atoms with Crippen LogP contribution in [0.1, 0.15) is 45.2 Å². The van der Waals surface area contributed by atoms with Gasteiger partial charge in [-0.15, -0.1) is 0 Å². The minimum absolute atomic E-state index is 0.149. The molecule has 106 valence electrons. The van der Waals surface area contributed by atoms with Gasteiger partial charge in [-0.25, -0.2) is 0 Å². The molecule has 3 atom stereocenters. The van der Waals surface area contributed by atoms with Crippen LogP contribution in [0.2, 0.25) is 0 Å². The molecule has 1 unspecified atom stereocenters. The van der Waals surface area contributed by atoms with Crippen molar-refractivity contribution in [1.29, 1.82) is 0 Å². The summed E-state index contributed by atoms with van der Waals surface area (Å²) in [5, 5.41) is 9.88. The fourth-order valence-electron chi connectivity index (χ4n) is 3.36. The van der Waals surface area contributed by atoms with E-state index in [-0.39, 0.29) is 12.6 Å². The van der Waals surface area contributed by atoms with Gasteiger partial charge < -0.3 is 5.11 Å². The lowest BCUT2D eigenvalue weighted by molar-refractivity contribution is 0.0166. The van der Waals surface area contributed by atoms with E-state index in [1.807, 2.05) is 6.07 Å². The largest absolute Gasteiger partial charge is 0.394 e. The Morgan fingerprint density at radius 1 is 1.21 bits per heavy atom. The average Bonchev–Trinajstić information content (AvgIpc) is 2.40. The lowest BCUT2D eigenvalue weighted by atomic mass is 9.86. The van der Waals surface area contributed by atoms with E-state index in [2.05, 4.69) is 49.9 Å². The van der Waals surface area contributed by atoms with Crippen molar-refractivity contribution in [2.75, 3.05) is 13.2 Å². The Morgan fingerprint density at radius 3 is 2.47 bits per heavy atom. The van der Waals surface area contributed by atoms with E-state index in [1.54, 1.807) is 0 Å². The summed E-state index contributed by atoms with van der Waals surface area (Å²) in [4.78, 5) is 2.54. The normalized spacial score (nSPS) is 26.6. The first kappa shape index (κ1) is 14.5. The minimum Gasteiger partial charge on any atom is -0.394 e. The Kier molecular flexibility index (Phi) is 5.00. The molecular formula is C17H27NO. The van der Waals surface area contributed by atoms with Gasteiger partial charge in [-0.2, -0.15) is 0 Å². The topological polar surface area (TPSA) is 23.5 Å². The van der Waals surface area contributed by atoms with E-state index < -0.39 is 0 Å². The third kappa shape index (κ3) is 3.37. The van der Waals surface area contributed by atoms with Crippen LogP contribution in [0.15, 0.2) is 30.3 Å². The summed E-state index contributed by atoms with van der Waals surface area (Å²) in [6.07, 6.45) is 2.56. The highest BCUT2D eigenvalue weighted by atomic mass is 16.3. The molecule has 0 bridgehead atoms. The fourth-order valence-corrected chi connectivity index (χ4v) is 3.36. The first-order valence-electron chi connectivity index (χ1n) is 7.55. The summed E-state index contributed by atoms with van der Waals surface area (Å²) in [5.41, 5.74) is 1.24. The van der Waals surface area contributed by atoms with E-state index in [0.29, 0.717) is 12.0 Å². The van der Waals surface area contributed by atoms with E-state index in [1.165, 1.54) is 18.4 Å². The minimum atomic E-state index is 0.149. The molecule has 1 aliphatic heterocycles. The molecule has 1 N–H and O–H groups in total. The standard InChI is InChI=1S/C17H27NO/c1-13(2)16-10-9-14(3)11-18(16)17(12-19)15-7-5-4-6-8-15/h4-8,13-14,16-17,19H,9-12H2,1-3H3/t14?,16-,17-/m0/s1. The third-order valence-electron chi connectivity index (χ3n) is 4.43. The van der Waals surface area contributed by atoms with Gasteiger partial charge in [-0.05, 0) is 30.2 Å². The zero-order valence-electron chi connectivity index (χ0n) is 12.4. The lowest BCUT2D eigenvalue weighted by Crippen LogP contribution is -2.48. The van der Waals surface area contributed by atoms with Crippen molar-refractivity contribution in [2.24, 2.45) is 11.8 Å². The molecule has 0 aromatic heterocycles. The van der Waals surface area contributed by atoms with Crippen molar-refractivity contribution in [3.63, 3.8) is 0 Å². The van der Waals surface area contributed by atoms with Gasteiger partial charge in [-0.3, -0.25) is 4.90 Å². The molecule has 0 amide bonds. The molecule has 2 rings (SSSR count). The molecule has 1 fully saturated rings. The van der Waals surface area contributed by atoms with Crippen LogP contribution in [-0.4, -0.2) is 29.2 Å². The van der Waals surface area contributed by atoms with Gasteiger partial charge >= 0.3 is 0 Å². The zero-order valence-corrected chi connectivity index (χ0v) is 12.4. The van der Waals surface area contributed by atoms with Gasteiger partial charge in [0.2, 0.25) is 0 Å².